The van der Waals surface area contributed by atoms with E-state index in [-0.39, 0.29) is 36.7 Å². The Morgan fingerprint density at radius 2 is 2.38 bits per heavy atom. The molecule has 0 aliphatic rings. The maximum Gasteiger partial charge on any atom is 0.292 e. The Kier molecular flexibility index (Phi) is 4.30. The molecule has 90 valence electrons. The molecule has 1 heterocycles. The maximum atomic E-state index is 11.9. The van der Waals surface area contributed by atoms with Gasteiger partial charge in [-0.2, -0.15) is 0 Å². The second kappa shape index (κ2) is 5.50. The van der Waals surface area contributed by atoms with Crippen LogP contribution in [-0.2, 0) is 0 Å². The van der Waals surface area contributed by atoms with Crippen molar-refractivity contribution in [2.24, 2.45) is 0 Å². The average molecular weight is 228 g/mol. The van der Waals surface area contributed by atoms with E-state index in [1.807, 2.05) is 13.8 Å². The minimum Gasteiger partial charge on any atom is -0.479 e. The van der Waals surface area contributed by atoms with Gasteiger partial charge >= 0.3 is 0 Å². The SMILES string of the molecule is COc1cc(C(=O)N(CCO)C(C)C)on1. The lowest BCUT2D eigenvalue weighted by Gasteiger charge is -2.24. The number of hydrogen-bond donors (Lipinski definition) is 1. The number of nitrogens with zero attached hydrogens (tertiary/aromatic N) is 2. The standard InChI is InChI=1S/C10H16N2O4/c1-7(2)12(4-5-13)10(14)8-6-9(15-3)11-16-8/h6-7,13H,4-5H2,1-3H3. The predicted octanol–water partition coefficient (Wildman–Crippen LogP) is 0.526. The largest absolute Gasteiger partial charge is 0.479 e. The fourth-order valence-electron chi connectivity index (χ4n) is 1.30. The number of ether oxygens (including phenoxy) is 1. The van der Waals surface area contributed by atoms with Crippen molar-refractivity contribution in [1.82, 2.24) is 10.1 Å². The molecule has 1 aromatic heterocycles. The monoisotopic (exact) mass is 228 g/mol. The van der Waals surface area contributed by atoms with Gasteiger partial charge < -0.3 is 19.3 Å². The van der Waals surface area contributed by atoms with Crippen LogP contribution in [0.4, 0.5) is 0 Å². The molecule has 0 saturated heterocycles. The lowest BCUT2D eigenvalue weighted by Crippen LogP contribution is -2.38. The molecule has 1 rings (SSSR count). The molecular formula is C10H16N2O4. The van der Waals surface area contributed by atoms with Crippen molar-refractivity contribution in [3.63, 3.8) is 0 Å². The second-order valence-corrected chi connectivity index (χ2v) is 3.55. The third kappa shape index (κ3) is 2.73. The molecule has 1 N–H and O–H groups in total. The summed E-state index contributed by atoms with van der Waals surface area (Å²) in [5, 5.41) is 12.4. The Morgan fingerprint density at radius 3 is 2.81 bits per heavy atom. The van der Waals surface area contributed by atoms with E-state index < -0.39 is 0 Å². The van der Waals surface area contributed by atoms with Gasteiger partial charge in [0, 0.05) is 12.6 Å². The van der Waals surface area contributed by atoms with Gasteiger partial charge in [-0.05, 0) is 19.0 Å². The zero-order chi connectivity index (χ0) is 12.1. The van der Waals surface area contributed by atoms with E-state index in [4.69, 9.17) is 14.4 Å². The van der Waals surface area contributed by atoms with Crippen molar-refractivity contribution in [1.29, 1.82) is 0 Å². The number of aliphatic hydroxyl groups excluding tert-OH is 1. The highest BCUT2D eigenvalue weighted by Crippen LogP contribution is 2.14. The first-order valence-electron chi connectivity index (χ1n) is 5.02. The second-order valence-electron chi connectivity index (χ2n) is 3.55. The minimum absolute atomic E-state index is 0.0178. The molecule has 0 saturated carbocycles. The summed E-state index contributed by atoms with van der Waals surface area (Å²) < 4.78 is 9.67. The van der Waals surface area contributed by atoms with Crippen molar-refractivity contribution < 1.29 is 19.2 Å². The summed E-state index contributed by atoms with van der Waals surface area (Å²) in [6.07, 6.45) is 0. The Balaban J connectivity index is 2.81. The van der Waals surface area contributed by atoms with E-state index >= 15 is 0 Å². The van der Waals surface area contributed by atoms with Gasteiger partial charge in [0.05, 0.1) is 19.8 Å². The van der Waals surface area contributed by atoms with Crippen LogP contribution < -0.4 is 4.74 Å². The van der Waals surface area contributed by atoms with Crippen molar-refractivity contribution in [2.75, 3.05) is 20.3 Å². The summed E-state index contributed by atoms with van der Waals surface area (Å²) >= 11 is 0. The van der Waals surface area contributed by atoms with E-state index in [9.17, 15) is 4.79 Å². The molecule has 16 heavy (non-hydrogen) atoms. The molecule has 6 heteroatoms. The first kappa shape index (κ1) is 12.5. The number of carbonyl (C=O) groups excluding carboxylic acids is 1. The lowest BCUT2D eigenvalue weighted by atomic mass is 10.3. The lowest BCUT2D eigenvalue weighted by molar-refractivity contribution is 0.0623. The van der Waals surface area contributed by atoms with Crippen LogP contribution in [0.15, 0.2) is 10.6 Å². The van der Waals surface area contributed by atoms with Crippen LogP contribution in [0, 0.1) is 0 Å². The molecule has 0 unspecified atom stereocenters. The van der Waals surface area contributed by atoms with Crippen LogP contribution in [0.25, 0.3) is 0 Å². The number of rotatable bonds is 5. The molecule has 0 aliphatic carbocycles. The first-order valence-corrected chi connectivity index (χ1v) is 5.02. The molecular weight excluding hydrogens is 212 g/mol. The molecule has 0 fully saturated rings. The Morgan fingerprint density at radius 1 is 1.69 bits per heavy atom. The van der Waals surface area contributed by atoms with E-state index in [1.165, 1.54) is 18.1 Å². The molecule has 0 aromatic carbocycles. The van der Waals surface area contributed by atoms with Crippen LogP contribution in [0.1, 0.15) is 24.4 Å². The third-order valence-corrected chi connectivity index (χ3v) is 2.13. The Labute approximate surface area is 93.8 Å². The highest BCUT2D eigenvalue weighted by molar-refractivity contribution is 5.91. The molecule has 0 atom stereocenters. The highest BCUT2D eigenvalue weighted by atomic mass is 16.5. The van der Waals surface area contributed by atoms with Crippen molar-refractivity contribution in [2.45, 2.75) is 19.9 Å². The average Bonchev–Trinajstić information content (AvgIpc) is 2.73. The molecule has 1 aromatic rings. The highest BCUT2D eigenvalue weighted by Gasteiger charge is 2.22. The van der Waals surface area contributed by atoms with E-state index in [2.05, 4.69) is 5.16 Å². The molecule has 0 spiro atoms. The van der Waals surface area contributed by atoms with E-state index in [0.717, 1.165) is 0 Å². The Bertz CT molecular complexity index is 348. The molecule has 6 nitrogen and oxygen atoms in total. The number of methoxy groups -OCH3 is 1. The minimum atomic E-state index is -0.306. The normalized spacial score (nSPS) is 10.6. The summed E-state index contributed by atoms with van der Waals surface area (Å²) in [4.78, 5) is 13.4. The van der Waals surface area contributed by atoms with Crippen LogP contribution in [0.5, 0.6) is 5.88 Å². The van der Waals surface area contributed by atoms with Gasteiger partial charge in [-0.15, -0.1) is 0 Å². The van der Waals surface area contributed by atoms with Crippen LogP contribution >= 0.6 is 0 Å². The summed E-state index contributed by atoms with van der Waals surface area (Å²) in [5.74, 6) is 0.0647. The van der Waals surface area contributed by atoms with Gasteiger partial charge in [0.25, 0.3) is 11.8 Å². The Hall–Kier alpha value is -1.56. The zero-order valence-corrected chi connectivity index (χ0v) is 9.64. The fourth-order valence-corrected chi connectivity index (χ4v) is 1.30. The number of hydrogen-bond acceptors (Lipinski definition) is 5. The predicted molar refractivity (Wildman–Crippen MR) is 56.3 cm³/mol. The van der Waals surface area contributed by atoms with Gasteiger partial charge in [-0.3, -0.25) is 4.79 Å². The van der Waals surface area contributed by atoms with Gasteiger partial charge in [0.1, 0.15) is 0 Å². The van der Waals surface area contributed by atoms with Crippen molar-refractivity contribution in [3.05, 3.63) is 11.8 Å². The van der Waals surface area contributed by atoms with Gasteiger partial charge in [0.2, 0.25) is 5.76 Å². The molecule has 0 radical (unpaired) electrons. The molecule has 0 bridgehead atoms. The van der Waals surface area contributed by atoms with Crippen LogP contribution in [0.2, 0.25) is 0 Å². The fraction of sp³-hybridized carbons (Fsp3) is 0.600. The van der Waals surface area contributed by atoms with E-state index in [0.29, 0.717) is 0 Å². The molecule has 0 aliphatic heterocycles. The van der Waals surface area contributed by atoms with Crippen molar-refractivity contribution >= 4 is 5.91 Å². The summed E-state index contributed by atoms with van der Waals surface area (Å²) in [7, 11) is 1.44. The van der Waals surface area contributed by atoms with Gasteiger partial charge in [-0.25, -0.2) is 0 Å². The third-order valence-electron chi connectivity index (χ3n) is 2.13. The number of aliphatic hydroxyl groups is 1. The number of carbonyl (C=O) groups is 1. The topological polar surface area (TPSA) is 75.8 Å². The number of amides is 1. The summed E-state index contributed by atoms with van der Waals surface area (Å²) in [6.45, 7) is 3.90. The van der Waals surface area contributed by atoms with Crippen LogP contribution in [0.3, 0.4) is 0 Å². The first-order chi connectivity index (χ1) is 7.60. The molecule has 1 amide bonds. The quantitative estimate of drug-likeness (QED) is 0.795. The van der Waals surface area contributed by atoms with E-state index in [1.54, 1.807) is 0 Å². The number of aromatic nitrogens is 1. The van der Waals surface area contributed by atoms with Crippen molar-refractivity contribution in [3.8, 4) is 5.88 Å². The summed E-state index contributed by atoms with van der Waals surface area (Å²) in [6, 6.07) is 1.41. The smallest absolute Gasteiger partial charge is 0.292 e. The van der Waals surface area contributed by atoms with Crippen LogP contribution in [-0.4, -0.2) is 47.4 Å². The maximum absolute atomic E-state index is 11.9. The summed E-state index contributed by atoms with van der Waals surface area (Å²) in [5.41, 5.74) is 0. The zero-order valence-electron chi connectivity index (χ0n) is 9.64. The van der Waals surface area contributed by atoms with Gasteiger partial charge in [0.15, 0.2) is 0 Å². The van der Waals surface area contributed by atoms with Gasteiger partial charge in [-0.1, -0.05) is 0 Å².